The molecule has 1 fully saturated rings. The minimum absolute atomic E-state index is 0.0880. The molecule has 3 rings (SSSR count). The zero-order valence-corrected chi connectivity index (χ0v) is 13.8. The molecular weight excluding hydrogens is 328 g/mol. The van der Waals surface area contributed by atoms with Gasteiger partial charge < -0.3 is 10.6 Å². The Hall–Kier alpha value is -2.45. The number of anilines is 1. The molecule has 24 heavy (non-hydrogen) atoms. The second-order valence-electron chi connectivity index (χ2n) is 5.47. The zero-order valence-electron chi connectivity index (χ0n) is 13.0. The molecule has 1 saturated heterocycles. The van der Waals surface area contributed by atoms with Crippen LogP contribution in [-0.2, 0) is 10.0 Å². The third-order valence-electron chi connectivity index (χ3n) is 3.97. The molecule has 7 nitrogen and oxygen atoms in total. The second kappa shape index (κ2) is 6.58. The van der Waals surface area contributed by atoms with Crippen molar-refractivity contribution in [2.45, 2.75) is 4.90 Å². The molecule has 1 aromatic carbocycles. The molecule has 0 aliphatic carbocycles. The number of pyridine rings is 1. The predicted octanol–water partition coefficient (Wildman–Crippen LogP) is 0.691. The van der Waals surface area contributed by atoms with Gasteiger partial charge in [0.2, 0.25) is 15.9 Å². The monoisotopic (exact) mass is 346 g/mol. The van der Waals surface area contributed by atoms with Crippen LogP contribution < -0.4 is 10.6 Å². The molecule has 2 heterocycles. The smallest absolute Gasteiger partial charge is 0.248 e. The first-order chi connectivity index (χ1) is 11.5. The number of benzene rings is 1. The highest BCUT2D eigenvalue weighted by Gasteiger charge is 2.29. The van der Waals surface area contributed by atoms with Crippen LogP contribution in [0.2, 0.25) is 0 Å². The van der Waals surface area contributed by atoms with Crippen molar-refractivity contribution in [3.8, 4) is 0 Å². The van der Waals surface area contributed by atoms with E-state index in [9.17, 15) is 13.2 Å². The van der Waals surface area contributed by atoms with E-state index in [-0.39, 0.29) is 10.5 Å². The first-order valence-corrected chi connectivity index (χ1v) is 8.98. The summed E-state index contributed by atoms with van der Waals surface area (Å²) in [6.07, 6.45) is 1.72. The van der Waals surface area contributed by atoms with Crippen molar-refractivity contribution in [3.63, 3.8) is 0 Å². The van der Waals surface area contributed by atoms with Crippen LogP contribution in [0.5, 0.6) is 0 Å². The van der Waals surface area contributed by atoms with Gasteiger partial charge in [-0.3, -0.25) is 4.79 Å². The summed E-state index contributed by atoms with van der Waals surface area (Å²) < 4.78 is 26.9. The Morgan fingerprint density at radius 2 is 1.79 bits per heavy atom. The van der Waals surface area contributed by atoms with Crippen molar-refractivity contribution in [2.75, 3.05) is 31.1 Å². The average Bonchev–Trinajstić information content (AvgIpc) is 2.62. The molecule has 0 bridgehead atoms. The number of rotatable bonds is 4. The van der Waals surface area contributed by atoms with E-state index in [1.807, 2.05) is 23.1 Å². The molecule has 1 aromatic heterocycles. The summed E-state index contributed by atoms with van der Waals surface area (Å²) in [4.78, 5) is 17.7. The van der Waals surface area contributed by atoms with Gasteiger partial charge in [-0.15, -0.1) is 0 Å². The Morgan fingerprint density at radius 1 is 1.04 bits per heavy atom. The summed E-state index contributed by atoms with van der Waals surface area (Å²) in [6.45, 7) is 1.84. The lowest BCUT2D eigenvalue weighted by molar-refractivity contribution is 0.1000. The topological polar surface area (TPSA) is 96.6 Å². The number of hydrogen-bond donors (Lipinski definition) is 1. The van der Waals surface area contributed by atoms with Crippen LogP contribution in [0.4, 0.5) is 5.82 Å². The Morgan fingerprint density at radius 3 is 2.42 bits per heavy atom. The average molecular weight is 346 g/mol. The largest absolute Gasteiger partial charge is 0.366 e. The highest BCUT2D eigenvalue weighted by molar-refractivity contribution is 7.89. The first kappa shape index (κ1) is 16.4. The SMILES string of the molecule is NC(=O)c1cccc(S(=O)(=O)N2CCN(c3ccccn3)CC2)c1. The second-order valence-corrected chi connectivity index (χ2v) is 7.41. The molecule has 0 spiro atoms. The number of nitrogens with two attached hydrogens (primary N) is 1. The Kier molecular flexibility index (Phi) is 4.50. The number of primary amides is 1. The lowest BCUT2D eigenvalue weighted by atomic mass is 10.2. The van der Waals surface area contributed by atoms with Gasteiger partial charge in [-0.05, 0) is 30.3 Å². The van der Waals surface area contributed by atoms with Crippen LogP contribution in [-0.4, -0.2) is 49.8 Å². The number of aromatic nitrogens is 1. The molecule has 8 heteroatoms. The van der Waals surface area contributed by atoms with Crippen molar-refractivity contribution >= 4 is 21.7 Å². The fourth-order valence-electron chi connectivity index (χ4n) is 2.66. The number of carbonyl (C=O) groups excluding carboxylic acids is 1. The molecule has 0 saturated carbocycles. The van der Waals surface area contributed by atoms with Crippen molar-refractivity contribution in [2.24, 2.45) is 5.73 Å². The van der Waals surface area contributed by atoms with E-state index in [0.29, 0.717) is 26.2 Å². The van der Waals surface area contributed by atoms with Gasteiger partial charge >= 0.3 is 0 Å². The maximum absolute atomic E-state index is 12.7. The van der Waals surface area contributed by atoms with E-state index >= 15 is 0 Å². The molecule has 0 atom stereocenters. The molecule has 1 aliphatic heterocycles. The van der Waals surface area contributed by atoms with E-state index in [2.05, 4.69) is 4.98 Å². The molecular formula is C16H18N4O3S. The summed E-state index contributed by atoms with van der Waals surface area (Å²) in [5.41, 5.74) is 5.41. The summed E-state index contributed by atoms with van der Waals surface area (Å²) in [6, 6.07) is 11.5. The van der Waals surface area contributed by atoms with E-state index in [1.54, 1.807) is 6.20 Å². The highest BCUT2D eigenvalue weighted by atomic mass is 32.2. The van der Waals surface area contributed by atoms with E-state index in [0.717, 1.165) is 5.82 Å². The molecule has 0 unspecified atom stereocenters. The van der Waals surface area contributed by atoms with Crippen molar-refractivity contribution < 1.29 is 13.2 Å². The van der Waals surface area contributed by atoms with Crippen molar-refractivity contribution in [1.82, 2.24) is 9.29 Å². The van der Waals surface area contributed by atoms with Gasteiger partial charge in [-0.1, -0.05) is 12.1 Å². The summed E-state index contributed by atoms with van der Waals surface area (Å²) in [7, 11) is -3.65. The third-order valence-corrected chi connectivity index (χ3v) is 5.86. The van der Waals surface area contributed by atoms with Gasteiger partial charge in [0.1, 0.15) is 5.82 Å². The van der Waals surface area contributed by atoms with Gasteiger partial charge in [-0.25, -0.2) is 13.4 Å². The van der Waals surface area contributed by atoms with Gasteiger partial charge in [0, 0.05) is 37.9 Å². The number of hydrogen-bond acceptors (Lipinski definition) is 5. The maximum atomic E-state index is 12.7. The van der Waals surface area contributed by atoms with Crippen LogP contribution in [0.3, 0.4) is 0 Å². The van der Waals surface area contributed by atoms with Gasteiger partial charge in [0.15, 0.2) is 0 Å². The number of carbonyl (C=O) groups is 1. The number of sulfonamides is 1. The normalized spacial score (nSPS) is 16.1. The molecule has 1 aliphatic rings. The quantitative estimate of drug-likeness (QED) is 0.879. The van der Waals surface area contributed by atoms with E-state index in [4.69, 9.17) is 5.73 Å². The van der Waals surface area contributed by atoms with Crippen molar-refractivity contribution in [3.05, 3.63) is 54.2 Å². The molecule has 126 valence electrons. The van der Waals surface area contributed by atoms with Crippen LogP contribution in [0.1, 0.15) is 10.4 Å². The molecule has 2 aromatic rings. The standard InChI is InChI=1S/C16H18N4O3S/c17-16(21)13-4-3-5-14(12-13)24(22,23)20-10-8-19(9-11-20)15-6-1-2-7-18-15/h1-7,12H,8-11H2,(H2,17,21). The van der Waals surface area contributed by atoms with Gasteiger partial charge in [-0.2, -0.15) is 4.31 Å². The predicted molar refractivity (Wildman–Crippen MR) is 90.2 cm³/mol. The van der Waals surface area contributed by atoms with Crippen LogP contribution in [0.15, 0.2) is 53.6 Å². The maximum Gasteiger partial charge on any atom is 0.248 e. The van der Waals surface area contributed by atoms with Crippen molar-refractivity contribution in [1.29, 1.82) is 0 Å². The molecule has 2 N–H and O–H groups in total. The number of nitrogens with zero attached hydrogens (tertiary/aromatic N) is 3. The fraction of sp³-hybridized carbons (Fsp3) is 0.250. The summed E-state index contributed by atoms with van der Waals surface area (Å²) in [5, 5.41) is 0. The highest BCUT2D eigenvalue weighted by Crippen LogP contribution is 2.20. The third kappa shape index (κ3) is 3.24. The zero-order chi connectivity index (χ0) is 17.2. The summed E-state index contributed by atoms with van der Waals surface area (Å²) in [5.74, 6) is 0.192. The lowest BCUT2D eigenvalue weighted by Crippen LogP contribution is -2.48. The molecule has 1 amide bonds. The summed E-state index contributed by atoms with van der Waals surface area (Å²) >= 11 is 0. The molecule has 0 radical (unpaired) electrons. The number of amides is 1. The first-order valence-electron chi connectivity index (χ1n) is 7.54. The van der Waals surface area contributed by atoms with Crippen LogP contribution in [0, 0.1) is 0 Å². The Bertz CT molecular complexity index is 831. The van der Waals surface area contributed by atoms with E-state index in [1.165, 1.54) is 28.6 Å². The number of piperazine rings is 1. The van der Waals surface area contributed by atoms with Gasteiger partial charge in [0.25, 0.3) is 0 Å². The Balaban J connectivity index is 1.75. The fourth-order valence-corrected chi connectivity index (χ4v) is 4.13. The minimum atomic E-state index is -3.65. The van der Waals surface area contributed by atoms with E-state index < -0.39 is 15.9 Å². The Labute approximate surface area is 140 Å². The minimum Gasteiger partial charge on any atom is -0.366 e. The van der Waals surface area contributed by atoms with Crippen LogP contribution in [0.25, 0.3) is 0 Å². The lowest BCUT2D eigenvalue weighted by Gasteiger charge is -2.34. The van der Waals surface area contributed by atoms with Crippen LogP contribution >= 0.6 is 0 Å². The van der Waals surface area contributed by atoms with Gasteiger partial charge in [0.05, 0.1) is 4.90 Å².